The van der Waals surface area contributed by atoms with Crippen molar-refractivity contribution in [2.45, 2.75) is 45.7 Å². The lowest BCUT2D eigenvalue weighted by atomic mass is 10.1. The molecule has 2 N–H and O–H groups in total. The zero-order chi connectivity index (χ0) is 17.5. The summed E-state index contributed by atoms with van der Waals surface area (Å²) in [5.41, 5.74) is 1.57. The van der Waals surface area contributed by atoms with E-state index in [2.05, 4.69) is 15.3 Å². The Labute approximate surface area is 141 Å². The fourth-order valence-corrected chi connectivity index (χ4v) is 3.11. The Morgan fingerprint density at radius 1 is 1.38 bits per heavy atom. The van der Waals surface area contributed by atoms with Crippen LogP contribution in [0, 0.1) is 5.92 Å². The van der Waals surface area contributed by atoms with Crippen LogP contribution in [-0.4, -0.2) is 38.8 Å². The molecule has 1 fully saturated rings. The molecular formula is C18H24N4O2. The van der Waals surface area contributed by atoms with Gasteiger partial charge < -0.3 is 15.2 Å². The number of nitrogens with one attached hydrogen (secondary N) is 2. The number of benzene rings is 1. The van der Waals surface area contributed by atoms with Crippen molar-refractivity contribution in [3.8, 4) is 0 Å². The lowest BCUT2D eigenvalue weighted by Gasteiger charge is -2.32. The highest BCUT2D eigenvalue weighted by atomic mass is 16.2. The molecule has 1 unspecified atom stereocenters. The highest BCUT2D eigenvalue weighted by molar-refractivity contribution is 5.89. The van der Waals surface area contributed by atoms with Gasteiger partial charge in [-0.3, -0.25) is 9.59 Å². The Kier molecular flexibility index (Phi) is 4.07. The van der Waals surface area contributed by atoms with Gasteiger partial charge in [0.2, 0.25) is 11.8 Å². The molecule has 3 rings (SSSR count). The van der Waals surface area contributed by atoms with Gasteiger partial charge in [-0.05, 0) is 39.8 Å². The van der Waals surface area contributed by atoms with E-state index in [1.807, 2.05) is 52.0 Å². The van der Waals surface area contributed by atoms with Crippen LogP contribution in [0.3, 0.4) is 0 Å². The van der Waals surface area contributed by atoms with Crippen LogP contribution in [0.4, 0.5) is 0 Å². The van der Waals surface area contributed by atoms with E-state index in [4.69, 9.17) is 0 Å². The number of nitrogens with zero attached hydrogens (tertiary/aromatic N) is 2. The molecule has 0 aliphatic carbocycles. The van der Waals surface area contributed by atoms with Crippen LogP contribution < -0.4 is 5.32 Å². The number of H-pyrrole nitrogens is 1. The van der Waals surface area contributed by atoms with Crippen molar-refractivity contribution in [2.24, 2.45) is 5.92 Å². The SMILES string of the molecule is C[C@@H](NC(=O)C1CC(=O)N(C(C)(C)C)C1)c1nc2ccccc2[nH]1. The van der Waals surface area contributed by atoms with Crippen molar-refractivity contribution in [3.05, 3.63) is 30.1 Å². The molecule has 0 radical (unpaired) electrons. The molecule has 6 nitrogen and oxygen atoms in total. The van der Waals surface area contributed by atoms with Crippen molar-refractivity contribution in [1.29, 1.82) is 0 Å². The summed E-state index contributed by atoms with van der Waals surface area (Å²) >= 11 is 0. The maximum atomic E-state index is 12.5. The first kappa shape index (κ1) is 16.5. The van der Waals surface area contributed by atoms with E-state index >= 15 is 0 Å². The number of carbonyl (C=O) groups excluding carboxylic acids is 2. The second kappa shape index (κ2) is 5.92. The number of carbonyl (C=O) groups is 2. The topological polar surface area (TPSA) is 78.1 Å². The molecule has 1 aliphatic rings. The maximum absolute atomic E-state index is 12.5. The number of amides is 2. The molecule has 1 aromatic carbocycles. The van der Waals surface area contributed by atoms with E-state index in [1.54, 1.807) is 4.90 Å². The Balaban J connectivity index is 1.67. The van der Waals surface area contributed by atoms with Crippen LogP contribution in [0.2, 0.25) is 0 Å². The van der Waals surface area contributed by atoms with Gasteiger partial charge in [0.1, 0.15) is 5.82 Å². The quantitative estimate of drug-likeness (QED) is 0.908. The number of fused-ring (bicyclic) bond motifs is 1. The second-order valence-corrected chi connectivity index (χ2v) is 7.45. The molecule has 0 bridgehead atoms. The van der Waals surface area contributed by atoms with Gasteiger partial charge in [-0.1, -0.05) is 12.1 Å². The summed E-state index contributed by atoms with van der Waals surface area (Å²) < 4.78 is 0. The third kappa shape index (κ3) is 3.13. The minimum Gasteiger partial charge on any atom is -0.346 e. The molecule has 1 aromatic heterocycles. The molecule has 2 amide bonds. The summed E-state index contributed by atoms with van der Waals surface area (Å²) in [6.07, 6.45) is 0.274. The molecule has 2 aromatic rings. The van der Waals surface area contributed by atoms with Crippen molar-refractivity contribution in [3.63, 3.8) is 0 Å². The highest BCUT2D eigenvalue weighted by Gasteiger charge is 2.39. The number of hydrogen-bond acceptors (Lipinski definition) is 3. The first-order valence-corrected chi connectivity index (χ1v) is 8.31. The molecule has 2 heterocycles. The molecule has 0 spiro atoms. The van der Waals surface area contributed by atoms with Crippen molar-refractivity contribution < 1.29 is 9.59 Å². The largest absolute Gasteiger partial charge is 0.346 e. The lowest BCUT2D eigenvalue weighted by Crippen LogP contribution is -2.43. The Morgan fingerprint density at radius 3 is 2.71 bits per heavy atom. The third-order valence-corrected chi connectivity index (χ3v) is 4.48. The zero-order valence-corrected chi connectivity index (χ0v) is 14.6. The van der Waals surface area contributed by atoms with Gasteiger partial charge in [0.25, 0.3) is 0 Å². The Hall–Kier alpha value is -2.37. The Morgan fingerprint density at radius 2 is 2.08 bits per heavy atom. The van der Waals surface area contributed by atoms with Crippen LogP contribution in [-0.2, 0) is 9.59 Å². The minimum atomic E-state index is -0.302. The number of imidazole rings is 1. The van der Waals surface area contributed by atoms with Crippen LogP contribution in [0.25, 0.3) is 11.0 Å². The van der Waals surface area contributed by atoms with Crippen LogP contribution in [0.1, 0.15) is 46.0 Å². The molecule has 1 aliphatic heterocycles. The predicted octanol–water partition coefficient (Wildman–Crippen LogP) is 2.39. The predicted molar refractivity (Wildman–Crippen MR) is 92.2 cm³/mol. The van der Waals surface area contributed by atoms with Gasteiger partial charge >= 0.3 is 0 Å². The first-order chi connectivity index (χ1) is 11.3. The van der Waals surface area contributed by atoms with E-state index in [9.17, 15) is 9.59 Å². The molecule has 1 saturated heterocycles. The number of aromatic amines is 1. The van der Waals surface area contributed by atoms with E-state index in [0.717, 1.165) is 16.9 Å². The number of aromatic nitrogens is 2. The first-order valence-electron chi connectivity index (χ1n) is 8.31. The standard InChI is InChI=1S/C18H24N4O2/c1-11(16-20-13-7-5-6-8-14(13)21-16)19-17(24)12-9-15(23)22(10-12)18(2,3)4/h5-8,11-12H,9-10H2,1-4H3,(H,19,24)(H,20,21)/t11-,12?/m1/s1. The fraction of sp³-hybridized carbons (Fsp3) is 0.500. The summed E-state index contributed by atoms with van der Waals surface area (Å²) in [5, 5.41) is 2.98. The summed E-state index contributed by atoms with van der Waals surface area (Å²) in [5.74, 6) is 0.368. The van der Waals surface area contributed by atoms with Gasteiger partial charge in [-0.25, -0.2) is 4.98 Å². The number of rotatable bonds is 3. The summed E-state index contributed by atoms with van der Waals surface area (Å²) in [7, 11) is 0. The molecule has 6 heteroatoms. The summed E-state index contributed by atoms with van der Waals surface area (Å²) in [6, 6.07) is 7.53. The van der Waals surface area contributed by atoms with Gasteiger partial charge in [0.15, 0.2) is 0 Å². The van der Waals surface area contributed by atoms with E-state index in [1.165, 1.54) is 0 Å². The molecule has 128 valence electrons. The molecule has 0 saturated carbocycles. The molecular weight excluding hydrogens is 304 g/mol. The second-order valence-electron chi connectivity index (χ2n) is 7.45. The highest BCUT2D eigenvalue weighted by Crippen LogP contribution is 2.26. The van der Waals surface area contributed by atoms with E-state index in [-0.39, 0.29) is 35.7 Å². The van der Waals surface area contributed by atoms with Gasteiger partial charge in [-0.2, -0.15) is 0 Å². The molecule has 2 atom stereocenters. The maximum Gasteiger partial charge on any atom is 0.226 e. The normalized spacial score (nSPS) is 19.8. The fourth-order valence-electron chi connectivity index (χ4n) is 3.11. The smallest absolute Gasteiger partial charge is 0.226 e. The van der Waals surface area contributed by atoms with E-state index in [0.29, 0.717) is 6.54 Å². The minimum absolute atomic E-state index is 0.0408. The summed E-state index contributed by atoms with van der Waals surface area (Å²) in [6.45, 7) is 8.33. The Bertz CT molecular complexity index is 742. The monoisotopic (exact) mass is 328 g/mol. The molecule has 24 heavy (non-hydrogen) atoms. The zero-order valence-electron chi connectivity index (χ0n) is 14.6. The average molecular weight is 328 g/mol. The third-order valence-electron chi connectivity index (χ3n) is 4.48. The van der Waals surface area contributed by atoms with E-state index < -0.39 is 0 Å². The van der Waals surface area contributed by atoms with Crippen molar-refractivity contribution in [1.82, 2.24) is 20.2 Å². The van der Waals surface area contributed by atoms with Crippen LogP contribution in [0.5, 0.6) is 0 Å². The number of likely N-dealkylation sites (tertiary alicyclic amines) is 1. The van der Waals surface area contributed by atoms with Gasteiger partial charge in [0.05, 0.1) is 23.0 Å². The van der Waals surface area contributed by atoms with Gasteiger partial charge in [-0.15, -0.1) is 0 Å². The number of para-hydroxylation sites is 2. The van der Waals surface area contributed by atoms with Crippen molar-refractivity contribution in [2.75, 3.05) is 6.54 Å². The van der Waals surface area contributed by atoms with Gasteiger partial charge in [0, 0.05) is 18.5 Å². The lowest BCUT2D eigenvalue weighted by molar-refractivity contribution is -0.132. The number of hydrogen-bond donors (Lipinski definition) is 2. The van der Waals surface area contributed by atoms with Crippen LogP contribution >= 0.6 is 0 Å². The average Bonchev–Trinajstić information content (AvgIpc) is 3.09. The van der Waals surface area contributed by atoms with Crippen LogP contribution in [0.15, 0.2) is 24.3 Å². The van der Waals surface area contributed by atoms with Crippen molar-refractivity contribution >= 4 is 22.8 Å². The summed E-state index contributed by atoms with van der Waals surface area (Å²) in [4.78, 5) is 34.2.